The molecule has 0 amide bonds. The first-order chi connectivity index (χ1) is 7.36. The Labute approximate surface area is 89.2 Å². The van der Waals surface area contributed by atoms with Gasteiger partial charge in [0.25, 0.3) is 0 Å². The second-order valence-corrected chi connectivity index (χ2v) is 3.85. The minimum Gasteiger partial charge on any atom is -0.0616 e. The Hall–Kier alpha value is -1.82. The number of rotatable bonds is 0. The second kappa shape index (κ2) is 3.09. The van der Waals surface area contributed by atoms with Crippen LogP contribution in [-0.4, -0.2) is 0 Å². The molecule has 0 saturated heterocycles. The number of hydrogen-bond donors (Lipinski definition) is 0. The lowest BCUT2D eigenvalue weighted by Crippen LogP contribution is -1.80. The molecule has 1 radical (unpaired) electrons. The Balaban J connectivity index is 2.60. The third-order valence-electron chi connectivity index (χ3n) is 2.92. The molecule has 0 nitrogen and oxygen atoms in total. The van der Waals surface area contributed by atoms with Crippen molar-refractivity contribution < 1.29 is 0 Å². The molecule has 0 aliphatic heterocycles. The molecule has 3 aromatic rings. The molecule has 0 N–H and O–H groups in total. The van der Waals surface area contributed by atoms with E-state index < -0.39 is 0 Å². The second-order valence-electron chi connectivity index (χ2n) is 3.85. The van der Waals surface area contributed by atoms with Crippen LogP contribution in [0.3, 0.4) is 0 Å². The van der Waals surface area contributed by atoms with Gasteiger partial charge in [0.2, 0.25) is 0 Å². The highest BCUT2D eigenvalue weighted by Gasteiger charge is 2.00. The first-order valence-electron chi connectivity index (χ1n) is 5.15. The maximum atomic E-state index is 3.24. The number of hydrogen-bond acceptors (Lipinski definition) is 0. The first kappa shape index (κ1) is 8.49. The molecule has 3 aromatic carbocycles. The topological polar surface area (TPSA) is 0 Å². The highest BCUT2D eigenvalue weighted by molar-refractivity contribution is 6.08. The fraction of sp³-hybridized carbons (Fsp3) is 0.0667. The van der Waals surface area contributed by atoms with Crippen LogP contribution in [0.1, 0.15) is 5.56 Å². The molecular weight excluding hydrogens is 180 g/mol. The van der Waals surface area contributed by atoms with Crippen molar-refractivity contribution in [2.75, 3.05) is 0 Å². The van der Waals surface area contributed by atoms with Crippen LogP contribution in [0.15, 0.2) is 48.5 Å². The summed E-state index contributed by atoms with van der Waals surface area (Å²) in [5.74, 6) is 0. The summed E-state index contributed by atoms with van der Waals surface area (Å²) in [5.41, 5.74) is 1.22. The van der Waals surface area contributed by atoms with Gasteiger partial charge in [0, 0.05) is 0 Å². The molecule has 71 valence electrons. The zero-order chi connectivity index (χ0) is 10.3. The molecule has 0 saturated carbocycles. The molecule has 0 fully saturated rings. The summed E-state index contributed by atoms with van der Waals surface area (Å²) >= 11 is 0. The van der Waals surface area contributed by atoms with E-state index in [1.165, 1.54) is 27.1 Å². The van der Waals surface area contributed by atoms with E-state index in [9.17, 15) is 0 Å². The van der Waals surface area contributed by atoms with Gasteiger partial charge in [-0.05, 0) is 40.1 Å². The van der Waals surface area contributed by atoms with Crippen LogP contribution in [0, 0.1) is 13.0 Å². The summed E-state index contributed by atoms with van der Waals surface area (Å²) in [5, 5.41) is 5.25. The highest BCUT2D eigenvalue weighted by Crippen LogP contribution is 2.26. The van der Waals surface area contributed by atoms with Crippen LogP contribution in [-0.2, 0) is 0 Å². The predicted molar refractivity (Wildman–Crippen MR) is 65.0 cm³/mol. The van der Waals surface area contributed by atoms with E-state index in [0.29, 0.717) is 0 Å². The van der Waals surface area contributed by atoms with Crippen molar-refractivity contribution in [2.45, 2.75) is 6.92 Å². The molecule has 0 spiro atoms. The Bertz CT molecular complexity index is 636. The van der Waals surface area contributed by atoms with Crippen molar-refractivity contribution in [3.05, 3.63) is 60.2 Å². The molecule has 0 heterocycles. The van der Waals surface area contributed by atoms with Crippen LogP contribution >= 0.6 is 0 Å². The van der Waals surface area contributed by atoms with Gasteiger partial charge in [-0.3, -0.25) is 0 Å². The van der Waals surface area contributed by atoms with Crippen molar-refractivity contribution in [1.29, 1.82) is 0 Å². The van der Waals surface area contributed by atoms with Crippen molar-refractivity contribution in [2.24, 2.45) is 0 Å². The van der Waals surface area contributed by atoms with Crippen LogP contribution < -0.4 is 0 Å². The maximum absolute atomic E-state index is 3.24. The van der Waals surface area contributed by atoms with Gasteiger partial charge in [-0.15, -0.1) is 0 Å². The van der Waals surface area contributed by atoms with Crippen LogP contribution in [0.2, 0.25) is 0 Å². The van der Waals surface area contributed by atoms with Gasteiger partial charge < -0.3 is 0 Å². The Morgan fingerprint density at radius 3 is 2.60 bits per heavy atom. The highest BCUT2D eigenvalue weighted by atomic mass is 14.0. The molecule has 0 unspecified atom stereocenters. The zero-order valence-electron chi connectivity index (χ0n) is 8.62. The lowest BCUT2D eigenvalue weighted by molar-refractivity contribution is 1.52. The zero-order valence-corrected chi connectivity index (χ0v) is 8.62. The average Bonchev–Trinajstić information content (AvgIpc) is 2.29. The monoisotopic (exact) mass is 191 g/mol. The van der Waals surface area contributed by atoms with Crippen LogP contribution in [0.25, 0.3) is 21.5 Å². The standard InChI is InChI=1S/C15H11/c1-11-5-4-8-15-13(11)10-9-12-6-2-3-7-14(12)15/h2-4,6-10H,1H3. The molecule has 0 bridgehead atoms. The lowest BCUT2D eigenvalue weighted by atomic mass is 9.99. The Morgan fingerprint density at radius 1 is 0.800 bits per heavy atom. The quantitative estimate of drug-likeness (QED) is 0.469. The van der Waals surface area contributed by atoms with Crippen molar-refractivity contribution in [3.63, 3.8) is 0 Å². The van der Waals surface area contributed by atoms with Crippen molar-refractivity contribution in [1.82, 2.24) is 0 Å². The number of benzene rings is 3. The SMILES string of the molecule is Cc1[c]ccc2c1ccc1ccccc12. The summed E-state index contributed by atoms with van der Waals surface area (Å²) in [4.78, 5) is 0. The molecular formula is C15H11. The van der Waals surface area contributed by atoms with Gasteiger partial charge in [-0.2, -0.15) is 0 Å². The smallest absolute Gasteiger partial charge is 0.0102 e. The summed E-state index contributed by atoms with van der Waals surface area (Å²) < 4.78 is 0. The minimum atomic E-state index is 1.22. The molecule has 15 heavy (non-hydrogen) atoms. The summed E-state index contributed by atoms with van der Waals surface area (Å²) in [6.45, 7) is 2.11. The molecule has 3 rings (SSSR count). The van der Waals surface area contributed by atoms with Gasteiger partial charge in [0.1, 0.15) is 0 Å². The van der Waals surface area contributed by atoms with Crippen LogP contribution in [0.4, 0.5) is 0 Å². The average molecular weight is 191 g/mol. The van der Waals surface area contributed by atoms with Crippen molar-refractivity contribution in [3.8, 4) is 0 Å². The predicted octanol–water partition coefficient (Wildman–Crippen LogP) is 4.10. The third-order valence-corrected chi connectivity index (χ3v) is 2.92. The van der Waals surface area contributed by atoms with E-state index in [2.05, 4.69) is 55.5 Å². The molecule has 0 aromatic heterocycles. The minimum absolute atomic E-state index is 1.22. The summed E-state index contributed by atoms with van der Waals surface area (Å²) in [6, 6.07) is 20.3. The van der Waals surface area contributed by atoms with Gasteiger partial charge in [-0.1, -0.05) is 48.5 Å². The largest absolute Gasteiger partial charge is 0.0616 e. The number of aryl methyl sites for hydroxylation is 1. The van der Waals surface area contributed by atoms with Gasteiger partial charge in [0.05, 0.1) is 0 Å². The van der Waals surface area contributed by atoms with Gasteiger partial charge in [0.15, 0.2) is 0 Å². The number of fused-ring (bicyclic) bond motifs is 3. The van der Waals surface area contributed by atoms with E-state index in [0.717, 1.165) is 0 Å². The lowest BCUT2D eigenvalue weighted by Gasteiger charge is -2.05. The van der Waals surface area contributed by atoms with Gasteiger partial charge in [-0.25, -0.2) is 0 Å². The molecule has 0 aliphatic carbocycles. The molecule has 0 heteroatoms. The molecule has 0 atom stereocenters. The third kappa shape index (κ3) is 1.22. The van der Waals surface area contributed by atoms with Crippen LogP contribution in [0.5, 0.6) is 0 Å². The van der Waals surface area contributed by atoms with E-state index in [1.807, 2.05) is 6.07 Å². The summed E-state index contributed by atoms with van der Waals surface area (Å²) in [6.07, 6.45) is 0. The van der Waals surface area contributed by atoms with E-state index >= 15 is 0 Å². The fourth-order valence-electron chi connectivity index (χ4n) is 2.13. The molecule has 0 aliphatic rings. The van der Waals surface area contributed by atoms with E-state index in [4.69, 9.17) is 0 Å². The van der Waals surface area contributed by atoms with Gasteiger partial charge >= 0.3 is 0 Å². The maximum Gasteiger partial charge on any atom is -0.0102 e. The van der Waals surface area contributed by atoms with Crippen molar-refractivity contribution >= 4 is 21.5 Å². The summed E-state index contributed by atoms with van der Waals surface area (Å²) in [7, 11) is 0. The first-order valence-corrected chi connectivity index (χ1v) is 5.15. The normalized spacial score (nSPS) is 11.0. The van der Waals surface area contributed by atoms with E-state index in [-0.39, 0.29) is 0 Å². The fourth-order valence-corrected chi connectivity index (χ4v) is 2.13. The Kier molecular flexibility index (Phi) is 1.75. The van der Waals surface area contributed by atoms with E-state index in [1.54, 1.807) is 0 Å². The Morgan fingerprint density at radius 2 is 1.67 bits per heavy atom.